The average Bonchev–Trinajstić information content (AvgIpc) is 2.08. The molecule has 1 aromatic carbocycles. The number of anilines is 1. The summed E-state index contributed by atoms with van der Waals surface area (Å²) in [7, 11) is 0. The van der Waals surface area contributed by atoms with Gasteiger partial charge in [0, 0.05) is 12.2 Å². The average molecular weight is 258 g/mol. The van der Waals surface area contributed by atoms with Crippen LogP contribution in [0.1, 0.15) is 25.8 Å². The fourth-order valence-corrected chi connectivity index (χ4v) is 2.24. The first-order valence-corrected chi connectivity index (χ1v) is 5.53. The minimum atomic E-state index is -0.200. The van der Waals surface area contributed by atoms with Gasteiger partial charge in [-0.15, -0.1) is 0 Å². The highest BCUT2D eigenvalue weighted by molar-refractivity contribution is 9.10. The van der Waals surface area contributed by atoms with E-state index in [1.165, 1.54) is 5.56 Å². The molecule has 2 rings (SSSR count). The van der Waals surface area contributed by atoms with E-state index in [0.29, 0.717) is 4.47 Å². The zero-order chi connectivity index (χ0) is 10.3. The largest absolute Gasteiger partial charge is 0.385 e. The molecule has 0 bridgehead atoms. The molecule has 0 radical (unpaired) electrons. The van der Waals surface area contributed by atoms with Gasteiger partial charge in [-0.25, -0.2) is 4.39 Å². The smallest absolute Gasteiger partial charge is 0.139 e. The van der Waals surface area contributed by atoms with Crippen molar-refractivity contribution in [2.24, 2.45) is 0 Å². The lowest BCUT2D eigenvalue weighted by Crippen LogP contribution is -2.28. The standard InChI is InChI=1S/C11H13BrFN/c1-11(2)3-4-14-10-6-9(13)8(12)5-7(10)11/h5-6,14H,3-4H2,1-2H3. The Morgan fingerprint density at radius 2 is 2.14 bits per heavy atom. The van der Waals surface area contributed by atoms with E-state index < -0.39 is 0 Å². The van der Waals surface area contributed by atoms with Crippen LogP contribution in [-0.4, -0.2) is 6.54 Å². The molecule has 1 aliphatic rings. The predicted molar refractivity (Wildman–Crippen MR) is 60.2 cm³/mol. The lowest BCUT2D eigenvalue weighted by Gasteiger charge is -2.33. The van der Waals surface area contributed by atoms with Crippen LogP contribution in [0, 0.1) is 5.82 Å². The number of hydrogen-bond acceptors (Lipinski definition) is 1. The van der Waals surface area contributed by atoms with Crippen LogP contribution in [0.5, 0.6) is 0 Å². The van der Waals surface area contributed by atoms with Gasteiger partial charge >= 0.3 is 0 Å². The van der Waals surface area contributed by atoms with Crippen LogP contribution < -0.4 is 5.32 Å². The summed E-state index contributed by atoms with van der Waals surface area (Å²) in [4.78, 5) is 0. The first kappa shape index (κ1) is 9.97. The van der Waals surface area contributed by atoms with Crippen molar-refractivity contribution >= 4 is 21.6 Å². The maximum Gasteiger partial charge on any atom is 0.139 e. The van der Waals surface area contributed by atoms with Gasteiger partial charge in [0.05, 0.1) is 4.47 Å². The third-order valence-electron chi connectivity index (χ3n) is 2.86. The van der Waals surface area contributed by atoms with Gasteiger partial charge in [0.2, 0.25) is 0 Å². The highest BCUT2D eigenvalue weighted by Gasteiger charge is 2.28. The van der Waals surface area contributed by atoms with E-state index in [0.717, 1.165) is 18.7 Å². The number of fused-ring (bicyclic) bond motifs is 1. The van der Waals surface area contributed by atoms with Gasteiger partial charge in [0.15, 0.2) is 0 Å². The molecule has 0 saturated carbocycles. The van der Waals surface area contributed by atoms with Gasteiger partial charge in [-0.05, 0) is 45.5 Å². The Morgan fingerprint density at radius 3 is 2.86 bits per heavy atom. The molecule has 1 aromatic rings. The SMILES string of the molecule is CC1(C)CCNc2cc(F)c(Br)cc21. The molecule has 1 N–H and O–H groups in total. The summed E-state index contributed by atoms with van der Waals surface area (Å²) in [5.41, 5.74) is 2.26. The van der Waals surface area contributed by atoms with Gasteiger partial charge in [-0.1, -0.05) is 13.8 Å². The van der Waals surface area contributed by atoms with Crippen LogP contribution in [0.2, 0.25) is 0 Å². The van der Waals surface area contributed by atoms with Crippen LogP contribution >= 0.6 is 15.9 Å². The summed E-state index contributed by atoms with van der Waals surface area (Å²) in [6.45, 7) is 5.30. The van der Waals surface area contributed by atoms with Crippen LogP contribution in [0.15, 0.2) is 16.6 Å². The van der Waals surface area contributed by atoms with Gasteiger partial charge in [-0.3, -0.25) is 0 Å². The fraction of sp³-hybridized carbons (Fsp3) is 0.455. The first-order chi connectivity index (χ1) is 6.50. The number of nitrogens with one attached hydrogen (secondary N) is 1. The molecule has 3 heteroatoms. The van der Waals surface area contributed by atoms with Gasteiger partial charge in [-0.2, -0.15) is 0 Å². The van der Waals surface area contributed by atoms with E-state index in [1.807, 2.05) is 6.07 Å². The van der Waals surface area contributed by atoms with Crippen LogP contribution in [0.25, 0.3) is 0 Å². The van der Waals surface area contributed by atoms with E-state index in [9.17, 15) is 4.39 Å². The van der Waals surface area contributed by atoms with E-state index in [1.54, 1.807) is 6.07 Å². The van der Waals surface area contributed by atoms with Crippen molar-refractivity contribution in [2.45, 2.75) is 25.7 Å². The number of rotatable bonds is 0. The van der Waals surface area contributed by atoms with Gasteiger partial charge in [0.25, 0.3) is 0 Å². The Morgan fingerprint density at radius 1 is 1.43 bits per heavy atom. The van der Waals surface area contributed by atoms with Crippen molar-refractivity contribution in [3.05, 3.63) is 28.0 Å². The number of halogens is 2. The Balaban J connectivity index is 2.59. The molecule has 1 heterocycles. The minimum absolute atomic E-state index is 0.136. The molecule has 0 saturated heterocycles. The molecule has 0 amide bonds. The van der Waals surface area contributed by atoms with Crippen molar-refractivity contribution < 1.29 is 4.39 Å². The Bertz CT molecular complexity index is 374. The molecular formula is C11H13BrFN. The van der Waals surface area contributed by atoms with Crippen molar-refractivity contribution in [1.82, 2.24) is 0 Å². The molecule has 14 heavy (non-hydrogen) atoms. The molecule has 1 aliphatic heterocycles. The summed E-state index contributed by atoms with van der Waals surface area (Å²) in [6.07, 6.45) is 1.08. The minimum Gasteiger partial charge on any atom is -0.385 e. The summed E-state index contributed by atoms with van der Waals surface area (Å²) in [5, 5.41) is 3.23. The quantitative estimate of drug-likeness (QED) is 0.748. The molecule has 0 aliphatic carbocycles. The second-order valence-corrected chi connectivity index (χ2v) is 5.23. The first-order valence-electron chi connectivity index (χ1n) is 4.74. The summed E-state index contributed by atoms with van der Waals surface area (Å²) in [5.74, 6) is -0.200. The van der Waals surface area contributed by atoms with E-state index >= 15 is 0 Å². The summed E-state index contributed by atoms with van der Waals surface area (Å²) >= 11 is 3.22. The Labute approximate surface area is 91.8 Å². The van der Waals surface area contributed by atoms with Crippen molar-refractivity contribution in [3.63, 3.8) is 0 Å². The predicted octanol–water partition coefficient (Wildman–Crippen LogP) is 3.68. The van der Waals surface area contributed by atoms with Gasteiger partial charge in [0.1, 0.15) is 5.82 Å². The zero-order valence-electron chi connectivity index (χ0n) is 8.32. The topological polar surface area (TPSA) is 12.0 Å². The maximum atomic E-state index is 13.3. The van der Waals surface area contributed by atoms with Crippen LogP contribution in [0.4, 0.5) is 10.1 Å². The monoisotopic (exact) mass is 257 g/mol. The molecule has 0 spiro atoms. The molecule has 76 valence electrons. The second-order valence-electron chi connectivity index (χ2n) is 4.37. The third-order valence-corrected chi connectivity index (χ3v) is 3.46. The fourth-order valence-electron chi connectivity index (χ4n) is 1.90. The maximum absolute atomic E-state index is 13.3. The zero-order valence-corrected chi connectivity index (χ0v) is 9.91. The summed E-state index contributed by atoms with van der Waals surface area (Å²) in [6, 6.07) is 3.46. The van der Waals surface area contributed by atoms with Crippen LogP contribution in [0.3, 0.4) is 0 Å². The molecular weight excluding hydrogens is 245 g/mol. The lowest BCUT2D eigenvalue weighted by atomic mass is 9.78. The van der Waals surface area contributed by atoms with Crippen LogP contribution in [-0.2, 0) is 5.41 Å². The highest BCUT2D eigenvalue weighted by atomic mass is 79.9. The third kappa shape index (κ3) is 1.54. The molecule has 0 unspecified atom stereocenters. The second kappa shape index (κ2) is 3.23. The van der Waals surface area contributed by atoms with E-state index in [-0.39, 0.29) is 11.2 Å². The molecule has 0 fully saturated rings. The van der Waals surface area contributed by atoms with Crippen molar-refractivity contribution in [2.75, 3.05) is 11.9 Å². The van der Waals surface area contributed by atoms with Crippen molar-refractivity contribution in [1.29, 1.82) is 0 Å². The van der Waals surface area contributed by atoms with E-state index in [2.05, 4.69) is 35.1 Å². The molecule has 1 nitrogen and oxygen atoms in total. The van der Waals surface area contributed by atoms with Crippen molar-refractivity contribution in [3.8, 4) is 0 Å². The van der Waals surface area contributed by atoms with E-state index in [4.69, 9.17) is 0 Å². The molecule has 0 aromatic heterocycles. The lowest BCUT2D eigenvalue weighted by molar-refractivity contribution is 0.479. The highest BCUT2D eigenvalue weighted by Crippen LogP contribution is 2.38. The Kier molecular flexibility index (Phi) is 2.30. The summed E-state index contributed by atoms with van der Waals surface area (Å²) < 4.78 is 13.8. The molecule has 0 atom stereocenters. The normalized spacial score (nSPS) is 18.6. The number of benzene rings is 1. The van der Waals surface area contributed by atoms with Gasteiger partial charge < -0.3 is 5.32 Å². The Hall–Kier alpha value is -0.570. The number of hydrogen-bond donors (Lipinski definition) is 1.